The molecule has 0 nitrogen and oxygen atoms in total. The minimum Gasteiger partial charge on any atom is -1.00 e. The summed E-state index contributed by atoms with van der Waals surface area (Å²) in [4.78, 5) is 0. The van der Waals surface area contributed by atoms with Gasteiger partial charge in [-0.25, -0.2) is 0 Å². The van der Waals surface area contributed by atoms with Gasteiger partial charge in [0, 0.05) is 0 Å². The normalized spacial score (nSPS) is 8.75. The molecule has 0 unspecified atom stereocenters. The van der Waals surface area contributed by atoms with E-state index in [1.165, 1.54) is 18.1 Å². The summed E-state index contributed by atoms with van der Waals surface area (Å²) < 4.78 is 3.21. The smallest absolute Gasteiger partial charge is 1.00 e. The first-order valence-corrected chi connectivity index (χ1v) is 8.12. The minimum atomic E-state index is -1.04. The Hall–Kier alpha value is 1.73. The van der Waals surface area contributed by atoms with E-state index in [-0.39, 0.29) is 24.8 Å². The third-order valence-electron chi connectivity index (χ3n) is 2.36. The SMILES string of the molecule is CC[Si](C#[C][Ce+2])(CC)CC.[Cl-].[Cl-]. The van der Waals surface area contributed by atoms with Crippen molar-refractivity contribution in [3.05, 3.63) is 0 Å². The summed E-state index contributed by atoms with van der Waals surface area (Å²) in [6, 6.07) is 4.03. The maximum Gasteiger partial charge on any atom is -1.00 e. The van der Waals surface area contributed by atoms with Crippen LogP contribution >= 0.6 is 0 Å². The second kappa shape index (κ2) is 10.8. The topological polar surface area (TPSA) is 0 Å². The van der Waals surface area contributed by atoms with E-state index in [9.17, 15) is 0 Å². The molecule has 0 aromatic rings. The third-order valence-corrected chi connectivity index (χ3v) is 8.25. The van der Waals surface area contributed by atoms with E-state index in [0.717, 1.165) is 39.6 Å². The molecule has 0 heterocycles. The van der Waals surface area contributed by atoms with Crippen LogP contribution in [0, 0.1) is 46.6 Å². The van der Waals surface area contributed by atoms with Gasteiger partial charge in [0.05, 0.1) is 0 Å². The predicted molar refractivity (Wildman–Crippen MR) is 45.0 cm³/mol. The molecule has 0 aliphatic heterocycles. The molecule has 0 aromatic heterocycles. The van der Waals surface area contributed by atoms with Gasteiger partial charge in [0.1, 0.15) is 0 Å². The zero-order valence-corrected chi connectivity index (χ0v) is 13.5. The molecule has 0 spiro atoms. The molecule has 0 saturated heterocycles. The fourth-order valence-corrected chi connectivity index (χ4v) is 5.94. The standard InChI is InChI=1S/C8H15Si.Ce.2ClH/c1-5-9(6-2,7-3)8-4;;;/h5-7H2,1-3H3;;2*1H/q;+2;;/p-2. The summed E-state index contributed by atoms with van der Waals surface area (Å²) in [5, 5.41) is 0. The molecular formula is C8H15CeCl2Si. The van der Waals surface area contributed by atoms with Crippen LogP contribution in [0.4, 0.5) is 0 Å². The second-order valence-electron chi connectivity index (χ2n) is 2.59. The van der Waals surface area contributed by atoms with Crippen molar-refractivity contribution in [1.29, 1.82) is 0 Å². The van der Waals surface area contributed by atoms with E-state index in [0.29, 0.717) is 0 Å². The fraction of sp³-hybridized carbons (Fsp3) is 0.750. The van der Waals surface area contributed by atoms with Crippen molar-refractivity contribution in [1.82, 2.24) is 0 Å². The summed E-state index contributed by atoms with van der Waals surface area (Å²) in [5.74, 6) is 0. The van der Waals surface area contributed by atoms with Crippen molar-refractivity contribution in [2.24, 2.45) is 0 Å². The summed E-state index contributed by atoms with van der Waals surface area (Å²) in [7, 11) is -1.04. The predicted octanol–water partition coefficient (Wildman–Crippen LogP) is -3.45. The Kier molecular flexibility index (Phi) is 17.4. The van der Waals surface area contributed by atoms with E-state index < -0.39 is 8.07 Å². The number of hydrogen-bond donors (Lipinski definition) is 0. The quantitative estimate of drug-likeness (QED) is 0.367. The van der Waals surface area contributed by atoms with Crippen molar-refractivity contribution >= 4 is 8.07 Å². The monoisotopic (exact) mass is 349 g/mol. The molecule has 0 atom stereocenters. The maximum absolute atomic E-state index is 3.50. The van der Waals surface area contributed by atoms with Gasteiger partial charge in [-0.15, -0.1) is 0 Å². The van der Waals surface area contributed by atoms with Crippen LogP contribution in [-0.4, -0.2) is 8.07 Å². The minimum absolute atomic E-state index is 0. The van der Waals surface area contributed by atoms with Crippen LogP contribution in [0.25, 0.3) is 0 Å². The van der Waals surface area contributed by atoms with Gasteiger partial charge in [-0.2, -0.15) is 0 Å². The fourth-order valence-electron chi connectivity index (χ4n) is 1.15. The molecule has 0 aromatic carbocycles. The van der Waals surface area contributed by atoms with Crippen molar-refractivity contribution in [2.45, 2.75) is 38.9 Å². The second-order valence-corrected chi connectivity index (χ2v) is 8.31. The van der Waals surface area contributed by atoms with E-state index in [1.807, 2.05) is 0 Å². The van der Waals surface area contributed by atoms with E-state index in [1.54, 1.807) is 0 Å². The first-order chi connectivity index (χ1) is 4.74. The number of halogens is 2. The first kappa shape index (κ1) is 19.3. The number of rotatable bonds is 3. The van der Waals surface area contributed by atoms with Gasteiger partial charge in [0.15, 0.2) is 0 Å². The van der Waals surface area contributed by atoms with Crippen molar-refractivity contribution in [3.63, 3.8) is 0 Å². The van der Waals surface area contributed by atoms with Crippen LogP contribution in [0.15, 0.2) is 0 Å². The molecule has 0 saturated carbocycles. The van der Waals surface area contributed by atoms with Gasteiger partial charge in [0.2, 0.25) is 0 Å². The van der Waals surface area contributed by atoms with Crippen molar-refractivity contribution < 1.29 is 64.5 Å². The summed E-state index contributed by atoms with van der Waals surface area (Å²) in [6.07, 6.45) is 0. The molecule has 69 valence electrons. The zero-order valence-electron chi connectivity index (χ0n) is 7.88. The van der Waals surface area contributed by atoms with Crippen LogP contribution in [0.2, 0.25) is 18.1 Å². The van der Waals surface area contributed by atoms with Crippen molar-refractivity contribution in [2.75, 3.05) is 0 Å². The van der Waals surface area contributed by atoms with Gasteiger partial charge in [0.25, 0.3) is 0 Å². The molecule has 0 rings (SSSR count). The van der Waals surface area contributed by atoms with Gasteiger partial charge in [-0.3, -0.25) is 0 Å². The summed E-state index contributed by atoms with van der Waals surface area (Å²) in [6.45, 7) is 6.89. The molecule has 0 bridgehead atoms. The Labute approximate surface area is 117 Å². The van der Waals surface area contributed by atoms with E-state index in [4.69, 9.17) is 0 Å². The average Bonchev–Trinajstić information content (AvgIpc) is 2.01. The van der Waals surface area contributed by atoms with Crippen LogP contribution in [0.1, 0.15) is 20.8 Å². The molecule has 0 aliphatic rings. The molecule has 0 N–H and O–H groups in total. The number of hydrogen-bond acceptors (Lipinski definition) is 0. The average molecular weight is 350 g/mol. The molecular weight excluding hydrogens is 335 g/mol. The Bertz CT molecular complexity index is 139. The largest absolute Gasteiger partial charge is 1.00 e. The van der Waals surface area contributed by atoms with Crippen molar-refractivity contribution in [3.8, 4) is 6.98 Å². The zero-order chi connectivity index (χ0) is 8.04. The Morgan fingerprint density at radius 2 is 1.33 bits per heavy atom. The van der Waals surface area contributed by atoms with Gasteiger partial charge < -0.3 is 24.8 Å². The summed E-state index contributed by atoms with van der Waals surface area (Å²) >= 11 is 1.06. The third kappa shape index (κ3) is 6.23. The Morgan fingerprint density at radius 1 is 1.00 bits per heavy atom. The van der Waals surface area contributed by atoms with Gasteiger partial charge >= 0.3 is 93.6 Å². The first-order valence-electron chi connectivity index (χ1n) is 3.93. The Morgan fingerprint density at radius 3 is 1.42 bits per heavy atom. The van der Waals surface area contributed by atoms with Gasteiger partial charge in [-0.05, 0) is 0 Å². The van der Waals surface area contributed by atoms with Crippen LogP contribution in [0.3, 0.4) is 0 Å². The molecule has 12 heavy (non-hydrogen) atoms. The molecule has 0 fully saturated rings. The van der Waals surface area contributed by atoms with Crippen LogP contribution < -0.4 is 24.8 Å². The molecule has 0 aliphatic carbocycles. The van der Waals surface area contributed by atoms with E-state index >= 15 is 0 Å². The summed E-state index contributed by atoms with van der Waals surface area (Å²) in [5.41, 5.74) is 3.50. The van der Waals surface area contributed by atoms with Gasteiger partial charge in [-0.1, -0.05) is 0 Å². The van der Waals surface area contributed by atoms with Crippen LogP contribution in [-0.2, 0) is 0 Å². The van der Waals surface area contributed by atoms with Crippen LogP contribution in [0.5, 0.6) is 0 Å². The maximum atomic E-state index is 3.50. The molecule has 0 amide bonds. The molecule has 0 radical (unpaired) electrons. The Balaban J connectivity index is -0.000000405. The molecule has 4 heteroatoms. The van der Waals surface area contributed by atoms with E-state index in [2.05, 4.69) is 27.8 Å².